The Morgan fingerprint density at radius 1 is 1.16 bits per heavy atom. The van der Waals surface area contributed by atoms with Crippen molar-refractivity contribution >= 4 is 11.6 Å². The molecule has 1 heterocycles. The summed E-state index contributed by atoms with van der Waals surface area (Å²) in [6, 6.07) is 6.84. The summed E-state index contributed by atoms with van der Waals surface area (Å²) in [6.45, 7) is 1.77. The van der Waals surface area contributed by atoms with Crippen LogP contribution >= 0.6 is 0 Å². The smallest absolute Gasteiger partial charge is 0.228 e. The van der Waals surface area contributed by atoms with Crippen LogP contribution in [0.2, 0.25) is 0 Å². The predicted octanol–water partition coefficient (Wildman–Crippen LogP) is 2.49. The summed E-state index contributed by atoms with van der Waals surface area (Å²) in [4.78, 5) is 24.8. The lowest BCUT2D eigenvalue weighted by Crippen LogP contribution is -2.39. The fourth-order valence-electron chi connectivity index (χ4n) is 2.50. The molecular weight excluding hydrogens is 244 g/mol. The number of allylic oxidation sites excluding steroid dienone is 2. The van der Waals surface area contributed by atoms with E-state index in [1.54, 1.807) is 31.2 Å². The van der Waals surface area contributed by atoms with Gasteiger partial charge in [-0.3, -0.25) is 9.59 Å². The van der Waals surface area contributed by atoms with Gasteiger partial charge < -0.3 is 9.47 Å². The molecule has 0 saturated heterocycles. The van der Waals surface area contributed by atoms with Crippen LogP contribution in [0.1, 0.15) is 40.5 Å². The van der Waals surface area contributed by atoms with E-state index in [4.69, 9.17) is 9.47 Å². The zero-order valence-corrected chi connectivity index (χ0v) is 10.9. The normalized spacial score (nSPS) is 25.8. The summed E-state index contributed by atoms with van der Waals surface area (Å²) in [5.74, 6) is -1.02. The number of hydrogen-bond acceptors (Lipinski definition) is 4. The van der Waals surface area contributed by atoms with E-state index in [2.05, 4.69) is 0 Å². The molecule has 1 aliphatic carbocycles. The molecule has 2 aliphatic rings. The van der Waals surface area contributed by atoms with Crippen LogP contribution in [0.25, 0.3) is 0 Å². The molecule has 0 amide bonds. The lowest BCUT2D eigenvalue weighted by atomic mass is 9.84. The molecule has 0 radical (unpaired) electrons. The molecule has 0 N–H and O–H groups in total. The highest BCUT2D eigenvalue weighted by molar-refractivity contribution is 6.26. The molecule has 98 valence electrons. The SMILES string of the molecule is CO[C@@]1(C)CCC2=C(O1)C(=O)c1ccccc1C2=O. The zero-order valence-electron chi connectivity index (χ0n) is 10.9. The van der Waals surface area contributed by atoms with Crippen molar-refractivity contribution in [3.05, 3.63) is 46.7 Å². The zero-order chi connectivity index (χ0) is 13.6. The number of methoxy groups -OCH3 is 1. The number of rotatable bonds is 1. The third-order valence-corrected chi connectivity index (χ3v) is 3.75. The Balaban J connectivity index is 2.11. The van der Waals surface area contributed by atoms with Crippen molar-refractivity contribution in [1.82, 2.24) is 0 Å². The van der Waals surface area contributed by atoms with E-state index >= 15 is 0 Å². The maximum absolute atomic E-state index is 12.4. The van der Waals surface area contributed by atoms with E-state index in [9.17, 15) is 9.59 Å². The van der Waals surface area contributed by atoms with Crippen LogP contribution in [-0.2, 0) is 9.47 Å². The van der Waals surface area contributed by atoms with Gasteiger partial charge in [0, 0.05) is 37.2 Å². The van der Waals surface area contributed by atoms with Crippen LogP contribution in [0, 0.1) is 0 Å². The van der Waals surface area contributed by atoms with Gasteiger partial charge in [0.15, 0.2) is 11.5 Å². The van der Waals surface area contributed by atoms with Gasteiger partial charge in [0.2, 0.25) is 11.6 Å². The van der Waals surface area contributed by atoms with E-state index < -0.39 is 5.79 Å². The molecule has 1 aromatic rings. The maximum atomic E-state index is 12.4. The van der Waals surface area contributed by atoms with E-state index in [-0.39, 0.29) is 17.3 Å². The van der Waals surface area contributed by atoms with Crippen LogP contribution in [0.5, 0.6) is 0 Å². The van der Waals surface area contributed by atoms with Crippen LogP contribution in [0.3, 0.4) is 0 Å². The number of ether oxygens (including phenoxy) is 2. The second-order valence-corrected chi connectivity index (χ2v) is 4.95. The summed E-state index contributed by atoms with van der Waals surface area (Å²) in [5.41, 5.74) is 1.35. The van der Waals surface area contributed by atoms with Gasteiger partial charge in [0.05, 0.1) is 0 Å². The fourth-order valence-corrected chi connectivity index (χ4v) is 2.50. The van der Waals surface area contributed by atoms with Crippen molar-refractivity contribution in [2.45, 2.75) is 25.6 Å². The predicted molar refractivity (Wildman–Crippen MR) is 67.9 cm³/mol. The molecule has 0 bridgehead atoms. The van der Waals surface area contributed by atoms with E-state index in [0.29, 0.717) is 29.5 Å². The number of ketones is 2. The topological polar surface area (TPSA) is 52.6 Å². The van der Waals surface area contributed by atoms with Gasteiger partial charge in [-0.1, -0.05) is 24.3 Å². The van der Waals surface area contributed by atoms with Crippen molar-refractivity contribution in [3.8, 4) is 0 Å². The third-order valence-electron chi connectivity index (χ3n) is 3.75. The van der Waals surface area contributed by atoms with Crippen molar-refractivity contribution < 1.29 is 19.1 Å². The standard InChI is InChI=1S/C15H14O4/c1-15(18-2)8-7-11-12(16)9-5-3-4-6-10(9)13(17)14(11)19-15/h3-6H,7-8H2,1-2H3/t15-/m1/s1. The summed E-state index contributed by atoms with van der Waals surface area (Å²) in [7, 11) is 1.54. The van der Waals surface area contributed by atoms with Crippen LogP contribution in [0.4, 0.5) is 0 Å². The van der Waals surface area contributed by atoms with Gasteiger partial charge in [-0.15, -0.1) is 0 Å². The number of carbonyl (C=O) groups is 2. The van der Waals surface area contributed by atoms with E-state index in [1.807, 2.05) is 0 Å². The molecule has 0 spiro atoms. The highest BCUT2D eigenvalue weighted by Gasteiger charge is 2.41. The molecule has 4 nitrogen and oxygen atoms in total. The Morgan fingerprint density at radius 3 is 2.42 bits per heavy atom. The van der Waals surface area contributed by atoms with E-state index in [0.717, 1.165) is 0 Å². The van der Waals surface area contributed by atoms with Crippen LogP contribution in [0.15, 0.2) is 35.6 Å². The van der Waals surface area contributed by atoms with Crippen molar-refractivity contribution in [2.75, 3.05) is 7.11 Å². The summed E-state index contributed by atoms with van der Waals surface area (Å²) >= 11 is 0. The second-order valence-electron chi connectivity index (χ2n) is 4.95. The Labute approximate surface area is 111 Å². The molecule has 0 aromatic heterocycles. The molecule has 3 rings (SSSR count). The first-order valence-electron chi connectivity index (χ1n) is 6.21. The largest absolute Gasteiger partial charge is 0.458 e. The van der Waals surface area contributed by atoms with Crippen molar-refractivity contribution in [3.63, 3.8) is 0 Å². The highest BCUT2D eigenvalue weighted by atomic mass is 16.7. The Kier molecular flexibility index (Phi) is 2.57. The molecule has 1 atom stereocenters. The molecular formula is C15H14O4. The second kappa shape index (κ2) is 4.03. The molecule has 0 saturated carbocycles. The molecule has 0 unspecified atom stereocenters. The third kappa shape index (κ3) is 1.71. The molecule has 19 heavy (non-hydrogen) atoms. The first-order valence-corrected chi connectivity index (χ1v) is 6.21. The quantitative estimate of drug-likeness (QED) is 0.776. The molecule has 4 heteroatoms. The minimum absolute atomic E-state index is 0.108. The first kappa shape index (κ1) is 12.1. The van der Waals surface area contributed by atoms with Crippen molar-refractivity contribution in [1.29, 1.82) is 0 Å². The summed E-state index contributed by atoms with van der Waals surface area (Å²) in [5, 5.41) is 0. The van der Waals surface area contributed by atoms with E-state index in [1.165, 1.54) is 7.11 Å². The van der Waals surface area contributed by atoms with Crippen LogP contribution < -0.4 is 0 Å². The monoisotopic (exact) mass is 258 g/mol. The maximum Gasteiger partial charge on any atom is 0.228 e. The minimum atomic E-state index is -0.832. The number of fused-ring (bicyclic) bond motifs is 1. The van der Waals surface area contributed by atoms with Gasteiger partial charge in [0.25, 0.3) is 0 Å². The van der Waals surface area contributed by atoms with Gasteiger partial charge in [-0.2, -0.15) is 0 Å². The lowest BCUT2D eigenvalue weighted by Gasteiger charge is -2.36. The highest BCUT2D eigenvalue weighted by Crippen LogP contribution is 2.38. The molecule has 1 aliphatic heterocycles. The van der Waals surface area contributed by atoms with Gasteiger partial charge in [-0.25, -0.2) is 0 Å². The van der Waals surface area contributed by atoms with Gasteiger partial charge in [-0.05, 0) is 6.42 Å². The summed E-state index contributed by atoms with van der Waals surface area (Å²) < 4.78 is 10.9. The van der Waals surface area contributed by atoms with Crippen LogP contribution in [-0.4, -0.2) is 24.5 Å². The fraction of sp³-hybridized carbons (Fsp3) is 0.333. The van der Waals surface area contributed by atoms with Gasteiger partial charge in [0.1, 0.15) is 0 Å². The number of hydrogen-bond donors (Lipinski definition) is 0. The van der Waals surface area contributed by atoms with Gasteiger partial charge >= 0.3 is 0 Å². The average Bonchev–Trinajstić information content (AvgIpc) is 2.45. The Hall–Kier alpha value is -1.94. The molecule has 1 aromatic carbocycles. The minimum Gasteiger partial charge on any atom is -0.458 e. The summed E-state index contributed by atoms with van der Waals surface area (Å²) in [6.07, 6.45) is 1.06. The number of carbonyl (C=O) groups excluding carboxylic acids is 2. The first-order chi connectivity index (χ1) is 9.06. The number of benzene rings is 1. The Morgan fingerprint density at radius 2 is 1.79 bits per heavy atom. The number of Topliss-reactive ketones (excluding diaryl/α,β-unsaturated/α-hetero) is 2. The Bertz CT molecular complexity index is 614. The molecule has 0 fully saturated rings. The lowest BCUT2D eigenvalue weighted by molar-refractivity contribution is -0.193. The van der Waals surface area contributed by atoms with Crippen molar-refractivity contribution in [2.24, 2.45) is 0 Å². The average molecular weight is 258 g/mol.